The molecule has 0 amide bonds. The van der Waals surface area contributed by atoms with Gasteiger partial charge in [0.25, 0.3) is 5.56 Å². The van der Waals surface area contributed by atoms with Crippen LogP contribution in [0.15, 0.2) is 47.3 Å². The Morgan fingerprint density at radius 2 is 1.75 bits per heavy atom. The van der Waals surface area contributed by atoms with E-state index in [-0.39, 0.29) is 5.56 Å². The quantitative estimate of drug-likeness (QED) is 0.781. The Labute approximate surface area is 139 Å². The highest BCUT2D eigenvalue weighted by Gasteiger charge is 2.12. The molecule has 124 valence electrons. The van der Waals surface area contributed by atoms with Crippen molar-refractivity contribution < 1.29 is 9.47 Å². The number of rotatable bonds is 5. The minimum absolute atomic E-state index is 0.197. The summed E-state index contributed by atoms with van der Waals surface area (Å²) in [6.07, 6.45) is 0. The number of anilines is 1. The molecule has 0 saturated heterocycles. The van der Waals surface area contributed by atoms with Crippen molar-refractivity contribution in [2.45, 2.75) is 6.54 Å². The van der Waals surface area contributed by atoms with Gasteiger partial charge in [0.05, 0.1) is 31.7 Å². The van der Waals surface area contributed by atoms with E-state index in [0.717, 1.165) is 5.69 Å². The Balaban J connectivity index is 1.99. The molecular weight excluding hydrogens is 306 g/mol. The van der Waals surface area contributed by atoms with Gasteiger partial charge < -0.3 is 19.4 Å². The van der Waals surface area contributed by atoms with Crippen LogP contribution in [0, 0.1) is 0 Å². The fourth-order valence-electron chi connectivity index (χ4n) is 2.59. The second kappa shape index (κ2) is 6.62. The van der Waals surface area contributed by atoms with Crippen molar-refractivity contribution in [2.75, 3.05) is 26.2 Å². The van der Waals surface area contributed by atoms with Crippen LogP contribution in [0.25, 0.3) is 10.9 Å². The van der Waals surface area contributed by atoms with Gasteiger partial charge in [0.1, 0.15) is 5.82 Å². The van der Waals surface area contributed by atoms with Crippen LogP contribution < -0.4 is 19.9 Å². The number of benzene rings is 2. The van der Waals surface area contributed by atoms with Crippen LogP contribution >= 0.6 is 0 Å². The largest absolute Gasteiger partial charge is 0.493 e. The van der Waals surface area contributed by atoms with Crippen LogP contribution in [0.1, 0.15) is 5.82 Å². The Hall–Kier alpha value is -3.02. The topological polar surface area (TPSA) is 67.5 Å². The van der Waals surface area contributed by atoms with Gasteiger partial charge in [0.15, 0.2) is 11.5 Å². The number of nitrogens with one attached hydrogen (secondary N) is 1. The summed E-state index contributed by atoms with van der Waals surface area (Å²) in [6.45, 7) is 0.490. The molecule has 0 atom stereocenters. The Kier molecular flexibility index (Phi) is 4.37. The number of H-pyrrole nitrogens is 1. The highest BCUT2D eigenvalue weighted by Crippen LogP contribution is 2.30. The van der Waals surface area contributed by atoms with Gasteiger partial charge in [-0.1, -0.05) is 18.2 Å². The minimum Gasteiger partial charge on any atom is -0.493 e. The van der Waals surface area contributed by atoms with Crippen LogP contribution in [0.3, 0.4) is 0 Å². The summed E-state index contributed by atoms with van der Waals surface area (Å²) in [7, 11) is 5.05. The second-order valence-electron chi connectivity index (χ2n) is 5.43. The first-order valence-corrected chi connectivity index (χ1v) is 7.53. The number of para-hydroxylation sites is 1. The van der Waals surface area contributed by atoms with Crippen molar-refractivity contribution in [1.29, 1.82) is 0 Å². The Morgan fingerprint density at radius 1 is 1.08 bits per heavy atom. The molecule has 0 radical (unpaired) electrons. The van der Waals surface area contributed by atoms with E-state index in [0.29, 0.717) is 34.8 Å². The molecule has 0 spiro atoms. The highest BCUT2D eigenvalue weighted by atomic mass is 16.5. The average molecular weight is 325 g/mol. The summed E-state index contributed by atoms with van der Waals surface area (Å²) in [5.41, 5.74) is 1.43. The third kappa shape index (κ3) is 3.03. The molecule has 0 aliphatic heterocycles. The van der Waals surface area contributed by atoms with Gasteiger partial charge in [-0.05, 0) is 18.2 Å². The SMILES string of the molecule is COc1cc2nc(CN(C)c3ccccc3)[nH]c(=O)c2cc1OC. The number of methoxy groups -OCH3 is 2. The summed E-state index contributed by atoms with van der Waals surface area (Å²) in [4.78, 5) is 21.8. The van der Waals surface area contributed by atoms with E-state index in [9.17, 15) is 4.79 Å². The van der Waals surface area contributed by atoms with E-state index in [2.05, 4.69) is 9.97 Å². The monoisotopic (exact) mass is 325 g/mol. The normalized spacial score (nSPS) is 10.6. The third-order valence-electron chi connectivity index (χ3n) is 3.84. The number of aromatic amines is 1. The standard InChI is InChI=1S/C18H19N3O3/c1-21(12-7-5-4-6-8-12)11-17-19-14-10-16(24-3)15(23-2)9-13(14)18(22)20-17/h4-10H,11H2,1-3H3,(H,19,20,22). The average Bonchev–Trinajstić information content (AvgIpc) is 2.61. The maximum absolute atomic E-state index is 12.4. The molecule has 1 N–H and O–H groups in total. The minimum atomic E-state index is -0.197. The maximum Gasteiger partial charge on any atom is 0.258 e. The zero-order chi connectivity index (χ0) is 17.1. The molecule has 0 fully saturated rings. The van der Waals surface area contributed by atoms with Gasteiger partial charge in [-0.25, -0.2) is 4.98 Å². The number of nitrogens with zero attached hydrogens (tertiary/aromatic N) is 2. The van der Waals surface area contributed by atoms with Gasteiger partial charge >= 0.3 is 0 Å². The maximum atomic E-state index is 12.4. The van der Waals surface area contributed by atoms with Crippen molar-refractivity contribution >= 4 is 16.6 Å². The lowest BCUT2D eigenvalue weighted by atomic mass is 10.2. The van der Waals surface area contributed by atoms with Crippen molar-refractivity contribution in [2.24, 2.45) is 0 Å². The first-order chi connectivity index (χ1) is 11.6. The van der Waals surface area contributed by atoms with E-state index in [4.69, 9.17) is 9.47 Å². The number of ether oxygens (including phenoxy) is 2. The number of fused-ring (bicyclic) bond motifs is 1. The van der Waals surface area contributed by atoms with E-state index >= 15 is 0 Å². The molecule has 6 nitrogen and oxygen atoms in total. The lowest BCUT2D eigenvalue weighted by Gasteiger charge is -2.18. The predicted octanol–water partition coefficient (Wildman–Crippen LogP) is 2.58. The number of hydrogen-bond acceptors (Lipinski definition) is 5. The molecule has 3 rings (SSSR count). The van der Waals surface area contributed by atoms with Crippen LogP contribution in [-0.2, 0) is 6.54 Å². The van der Waals surface area contributed by atoms with E-state index in [1.807, 2.05) is 42.3 Å². The van der Waals surface area contributed by atoms with Gasteiger partial charge in [-0.15, -0.1) is 0 Å². The lowest BCUT2D eigenvalue weighted by molar-refractivity contribution is 0.355. The summed E-state index contributed by atoms with van der Waals surface area (Å²) < 4.78 is 10.5. The highest BCUT2D eigenvalue weighted by molar-refractivity contribution is 5.81. The summed E-state index contributed by atoms with van der Waals surface area (Å²) in [5.74, 6) is 1.64. The zero-order valence-corrected chi connectivity index (χ0v) is 13.9. The molecule has 0 aliphatic carbocycles. The van der Waals surface area contributed by atoms with E-state index in [1.165, 1.54) is 7.11 Å². The first-order valence-electron chi connectivity index (χ1n) is 7.53. The number of aromatic nitrogens is 2. The van der Waals surface area contributed by atoms with Crippen molar-refractivity contribution in [3.63, 3.8) is 0 Å². The first kappa shape index (κ1) is 15.9. The molecule has 0 aliphatic rings. The number of hydrogen-bond donors (Lipinski definition) is 1. The molecule has 0 unspecified atom stereocenters. The van der Waals surface area contributed by atoms with Gasteiger partial charge in [0, 0.05) is 18.8 Å². The van der Waals surface area contributed by atoms with Crippen molar-refractivity contribution in [3.8, 4) is 11.5 Å². The molecule has 3 aromatic rings. The molecule has 2 aromatic carbocycles. The van der Waals surface area contributed by atoms with E-state index < -0.39 is 0 Å². The molecular formula is C18H19N3O3. The Bertz CT molecular complexity index is 907. The molecule has 24 heavy (non-hydrogen) atoms. The van der Waals surface area contributed by atoms with Gasteiger partial charge in [-0.2, -0.15) is 0 Å². The Morgan fingerprint density at radius 3 is 2.42 bits per heavy atom. The summed E-state index contributed by atoms with van der Waals surface area (Å²) in [5, 5.41) is 0.471. The zero-order valence-electron chi connectivity index (χ0n) is 13.9. The fourth-order valence-corrected chi connectivity index (χ4v) is 2.59. The smallest absolute Gasteiger partial charge is 0.258 e. The van der Waals surface area contributed by atoms with Crippen LogP contribution in [0.2, 0.25) is 0 Å². The summed E-state index contributed by atoms with van der Waals surface area (Å²) >= 11 is 0. The molecule has 0 bridgehead atoms. The predicted molar refractivity (Wildman–Crippen MR) is 94.0 cm³/mol. The lowest BCUT2D eigenvalue weighted by Crippen LogP contribution is -2.21. The molecule has 0 saturated carbocycles. The summed E-state index contributed by atoms with van der Waals surface area (Å²) in [6, 6.07) is 13.3. The van der Waals surface area contributed by atoms with Crippen LogP contribution in [0.4, 0.5) is 5.69 Å². The van der Waals surface area contributed by atoms with E-state index in [1.54, 1.807) is 19.2 Å². The fraction of sp³-hybridized carbons (Fsp3) is 0.222. The molecule has 6 heteroatoms. The van der Waals surface area contributed by atoms with Gasteiger partial charge in [-0.3, -0.25) is 4.79 Å². The van der Waals surface area contributed by atoms with Crippen molar-refractivity contribution in [3.05, 3.63) is 58.6 Å². The molecule has 1 heterocycles. The second-order valence-corrected chi connectivity index (χ2v) is 5.43. The third-order valence-corrected chi connectivity index (χ3v) is 3.84. The van der Waals surface area contributed by atoms with Crippen LogP contribution in [0.5, 0.6) is 11.5 Å². The van der Waals surface area contributed by atoms with Gasteiger partial charge in [0.2, 0.25) is 0 Å². The van der Waals surface area contributed by atoms with Crippen molar-refractivity contribution in [1.82, 2.24) is 9.97 Å². The molecule has 1 aromatic heterocycles. The van der Waals surface area contributed by atoms with Crippen LogP contribution in [-0.4, -0.2) is 31.2 Å².